The van der Waals surface area contributed by atoms with Crippen molar-refractivity contribution in [1.29, 1.82) is 0 Å². The summed E-state index contributed by atoms with van der Waals surface area (Å²) in [6.45, 7) is 2.04. The third kappa shape index (κ3) is 2.80. The summed E-state index contributed by atoms with van der Waals surface area (Å²) in [5, 5.41) is 7.12. The van der Waals surface area contributed by atoms with Gasteiger partial charge in [0.1, 0.15) is 0 Å². The second-order valence-corrected chi connectivity index (χ2v) is 3.81. The molecule has 92 valence electrons. The SMILES string of the molecule is CC(=O)NCCC#Cc1ccc2onc(N)c2c1. The van der Waals surface area contributed by atoms with Crippen LogP contribution in [0.1, 0.15) is 18.9 Å². The summed E-state index contributed by atoms with van der Waals surface area (Å²) >= 11 is 0. The monoisotopic (exact) mass is 243 g/mol. The van der Waals surface area contributed by atoms with E-state index < -0.39 is 0 Å². The highest BCUT2D eigenvalue weighted by Crippen LogP contribution is 2.20. The molecule has 5 heteroatoms. The van der Waals surface area contributed by atoms with E-state index in [0.29, 0.717) is 24.4 Å². The van der Waals surface area contributed by atoms with E-state index in [1.165, 1.54) is 6.92 Å². The molecule has 0 aliphatic carbocycles. The first-order chi connectivity index (χ1) is 8.66. The molecule has 18 heavy (non-hydrogen) atoms. The number of nitrogens with zero attached hydrogens (tertiary/aromatic N) is 1. The summed E-state index contributed by atoms with van der Waals surface area (Å²) in [7, 11) is 0. The highest BCUT2D eigenvalue weighted by molar-refractivity contribution is 5.87. The van der Waals surface area contributed by atoms with Gasteiger partial charge in [-0.05, 0) is 18.2 Å². The summed E-state index contributed by atoms with van der Waals surface area (Å²) in [6, 6.07) is 5.47. The van der Waals surface area contributed by atoms with Crippen molar-refractivity contribution in [3.05, 3.63) is 23.8 Å². The van der Waals surface area contributed by atoms with Crippen LogP contribution in [0.25, 0.3) is 11.0 Å². The topological polar surface area (TPSA) is 81.2 Å². The third-order valence-electron chi connectivity index (χ3n) is 2.35. The second-order valence-electron chi connectivity index (χ2n) is 3.81. The molecule has 2 aromatic rings. The van der Waals surface area contributed by atoms with Crippen LogP contribution >= 0.6 is 0 Å². The summed E-state index contributed by atoms with van der Waals surface area (Å²) in [5.74, 6) is 6.30. The zero-order valence-electron chi connectivity index (χ0n) is 9.99. The van der Waals surface area contributed by atoms with Gasteiger partial charge in [-0.25, -0.2) is 0 Å². The van der Waals surface area contributed by atoms with Crippen LogP contribution in [-0.2, 0) is 4.79 Å². The number of hydrogen-bond acceptors (Lipinski definition) is 4. The number of rotatable bonds is 2. The molecule has 0 fully saturated rings. The fourth-order valence-electron chi connectivity index (χ4n) is 1.50. The van der Waals surface area contributed by atoms with E-state index in [9.17, 15) is 4.79 Å². The minimum atomic E-state index is -0.0459. The number of fused-ring (bicyclic) bond motifs is 1. The number of aromatic nitrogens is 1. The van der Waals surface area contributed by atoms with Crippen molar-refractivity contribution in [2.24, 2.45) is 0 Å². The van der Waals surface area contributed by atoms with Crippen molar-refractivity contribution < 1.29 is 9.32 Å². The van der Waals surface area contributed by atoms with Gasteiger partial charge in [0.15, 0.2) is 11.4 Å². The predicted octanol–water partition coefficient (Wildman–Crippen LogP) is 1.29. The van der Waals surface area contributed by atoms with E-state index in [-0.39, 0.29) is 5.91 Å². The van der Waals surface area contributed by atoms with Gasteiger partial charge in [-0.2, -0.15) is 0 Å². The minimum absolute atomic E-state index is 0.0459. The summed E-state index contributed by atoms with van der Waals surface area (Å²) < 4.78 is 5.00. The van der Waals surface area contributed by atoms with Crippen LogP contribution in [0.15, 0.2) is 22.7 Å². The van der Waals surface area contributed by atoms with Gasteiger partial charge in [-0.15, -0.1) is 0 Å². The maximum atomic E-state index is 10.6. The Labute approximate surface area is 104 Å². The van der Waals surface area contributed by atoms with Gasteiger partial charge in [0.25, 0.3) is 0 Å². The highest BCUT2D eigenvalue weighted by atomic mass is 16.5. The Morgan fingerprint density at radius 3 is 3.17 bits per heavy atom. The molecule has 1 aromatic heterocycles. The first kappa shape index (κ1) is 12.0. The zero-order chi connectivity index (χ0) is 13.0. The number of amides is 1. The second kappa shape index (κ2) is 5.23. The molecule has 0 spiro atoms. The van der Waals surface area contributed by atoms with Gasteiger partial charge in [0, 0.05) is 25.5 Å². The van der Waals surface area contributed by atoms with Crippen molar-refractivity contribution in [3.8, 4) is 11.8 Å². The lowest BCUT2D eigenvalue weighted by atomic mass is 10.1. The van der Waals surface area contributed by atoms with Gasteiger partial charge in [-0.1, -0.05) is 17.0 Å². The lowest BCUT2D eigenvalue weighted by Crippen LogP contribution is -2.20. The quantitative estimate of drug-likeness (QED) is 0.615. The average Bonchev–Trinajstić information content (AvgIpc) is 2.70. The molecular formula is C13H13N3O2. The van der Waals surface area contributed by atoms with Crippen LogP contribution in [-0.4, -0.2) is 17.6 Å². The molecule has 0 bridgehead atoms. The molecule has 2 rings (SSSR count). The standard InChI is InChI=1S/C13H13N3O2/c1-9(17)15-7-3-2-4-10-5-6-12-11(8-10)13(14)16-18-12/h5-6,8H,3,7H2,1H3,(H2,14,16)(H,15,17). The van der Waals surface area contributed by atoms with E-state index in [0.717, 1.165) is 10.9 Å². The Kier molecular flexibility index (Phi) is 3.49. The third-order valence-corrected chi connectivity index (χ3v) is 2.35. The van der Waals surface area contributed by atoms with Crippen LogP contribution in [0.3, 0.4) is 0 Å². The molecule has 1 heterocycles. The number of hydrogen-bond donors (Lipinski definition) is 2. The molecule has 5 nitrogen and oxygen atoms in total. The lowest BCUT2D eigenvalue weighted by molar-refractivity contribution is -0.118. The van der Waals surface area contributed by atoms with Crippen molar-refractivity contribution >= 4 is 22.7 Å². The van der Waals surface area contributed by atoms with Crippen molar-refractivity contribution in [3.63, 3.8) is 0 Å². The summed E-state index contributed by atoms with van der Waals surface area (Å²) in [6.07, 6.45) is 0.608. The smallest absolute Gasteiger partial charge is 0.216 e. The fourth-order valence-corrected chi connectivity index (χ4v) is 1.50. The van der Waals surface area contributed by atoms with Gasteiger partial charge in [0.05, 0.1) is 5.39 Å². The molecule has 0 unspecified atom stereocenters. The van der Waals surface area contributed by atoms with Gasteiger partial charge in [-0.3, -0.25) is 4.79 Å². The Balaban J connectivity index is 2.05. The Hall–Kier alpha value is -2.48. The largest absolute Gasteiger partial charge is 0.380 e. The fraction of sp³-hybridized carbons (Fsp3) is 0.231. The van der Waals surface area contributed by atoms with Crippen LogP contribution in [0.5, 0.6) is 0 Å². The van der Waals surface area contributed by atoms with Crippen LogP contribution < -0.4 is 11.1 Å². The maximum absolute atomic E-state index is 10.6. The molecule has 0 aliphatic rings. The number of nitrogens with two attached hydrogens (primary N) is 1. The van der Waals surface area contributed by atoms with E-state index in [1.54, 1.807) is 6.07 Å². The van der Waals surface area contributed by atoms with Crippen molar-refractivity contribution in [2.75, 3.05) is 12.3 Å². The number of anilines is 1. The maximum Gasteiger partial charge on any atom is 0.216 e. The van der Waals surface area contributed by atoms with Gasteiger partial charge in [0.2, 0.25) is 5.91 Å². The van der Waals surface area contributed by atoms with Crippen LogP contribution in [0, 0.1) is 11.8 Å². The predicted molar refractivity (Wildman–Crippen MR) is 68.6 cm³/mol. The van der Waals surface area contributed by atoms with Crippen LogP contribution in [0.2, 0.25) is 0 Å². The van der Waals surface area contributed by atoms with Crippen molar-refractivity contribution in [2.45, 2.75) is 13.3 Å². The molecule has 1 amide bonds. The summed E-state index contributed by atoms with van der Waals surface area (Å²) in [4.78, 5) is 10.6. The Bertz CT molecular complexity index is 634. The molecule has 1 aromatic carbocycles. The van der Waals surface area contributed by atoms with E-state index in [4.69, 9.17) is 10.3 Å². The van der Waals surface area contributed by atoms with E-state index >= 15 is 0 Å². The van der Waals surface area contributed by atoms with Crippen molar-refractivity contribution in [1.82, 2.24) is 10.5 Å². The van der Waals surface area contributed by atoms with Crippen LogP contribution in [0.4, 0.5) is 5.82 Å². The molecule has 0 atom stereocenters. The minimum Gasteiger partial charge on any atom is -0.380 e. The zero-order valence-corrected chi connectivity index (χ0v) is 9.99. The molecule has 0 saturated heterocycles. The Morgan fingerprint density at radius 1 is 1.56 bits per heavy atom. The molecule has 0 saturated carbocycles. The highest BCUT2D eigenvalue weighted by Gasteiger charge is 2.03. The normalized spacial score (nSPS) is 9.83. The van der Waals surface area contributed by atoms with Gasteiger partial charge < -0.3 is 15.6 Å². The number of benzene rings is 1. The number of carbonyl (C=O) groups is 1. The Morgan fingerprint density at radius 2 is 2.39 bits per heavy atom. The number of nitrogens with one attached hydrogen (secondary N) is 1. The molecule has 3 N–H and O–H groups in total. The lowest BCUT2D eigenvalue weighted by Gasteiger charge is -1.95. The van der Waals surface area contributed by atoms with E-state index in [2.05, 4.69) is 22.3 Å². The molecular weight excluding hydrogens is 230 g/mol. The molecule has 0 radical (unpaired) electrons. The number of carbonyl (C=O) groups excluding carboxylic acids is 1. The molecule has 0 aliphatic heterocycles. The number of nitrogen functional groups attached to an aromatic ring is 1. The van der Waals surface area contributed by atoms with Gasteiger partial charge >= 0.3 is 0 Å². The van der Waals surface area contributed by atoms with E-state index in [1.807, 2.05) is 12.1 Å². The first-order valence-corrected chi connectivity index (χ1v) is 5.55. The first-order valence-electron chi connectivity index (χ1n) is 5.55. The average molecular weight is 243 g/mol. The summed E-state index contributed by atoms with van der Waals surface area (Å²) in [5.41, 5.74) is 7.15.